The summed E-state index contributed by atoms with van der Waals surface area (Å²) >= 11 is 0. The normalized spacial score (nSPS) is 21.9. The number of rotatable bonds is 11. The van der Waals surface area contributed by atoms with E-state index in [1.165, 1.54) is 0 Å². The van der Waals surface area contributed by atoms with Crippen LogP contribution < -0.4 is 0 Å². The Balaban J connectivity index is 2.59. The topological polar surface area (TPSA) is 40.0 Å². The molecule has 0 aromatic carbocycles. The van der Waals surface area contributed by atoms with Gasteiger partial charge in [-0.25, -0.2) is 4.99 Å². The zero-order chi connectivity index (χ0) is 17.5. The Bertz CT molecular complexity index is 375. The predicted molar refractivity (Wildman–Crippen MR) is 96.2 cm³/mol. The fraction of sp³-hybridized carbons (Fsp3) is 0.947. The standard InChI is InChI=1S/C19H37NO3/c1-8-16(9-2)17-20-19(10-3,13-22-17)14-23-18(6,7)11-12-21-15(4)5/h15-16H,8-14H2,1-7H3. The molecule has 0 bridgehead atoms. The average Bonchev–Trinajstić information content (AvgIpc) is 2.91. The van der Waals surface area contributed by atoms with E-state index in [-0.39, 0.29) is 17.2 Å². The van der Waals surface area contributed by atoms with E-state index in [4.69, 9.17) is 19.2 Å². The molecule has 0 radical (unpaired) electrons. The summed E-state index contributed by atoms with van der Waals surface area (Å²) in [7, 11) is 0. The van der Waals surface area contributed by atoms with Crippen molar-refractivity contribution in [3.05, 3.63) is 0 Å². The molecule has 4 nitrogen and oxygen atoms in total. The van der Waals surface area contributed by atoms with Gasteiger partial charge in [-0.2, -0.15) is 0 Å². The monoisotopic (exact) mass is 327 g/mol. The Labute approximate surface area is 143 Å². The fourth-order valence-corrected chi connectivity index (χ4v) is 2.65. The van der Waals surface area contributed by atoms with Gasteiger partial charge >= 0.3 is 0 Å². The van der Waals surface area contributed by atoms with Crippen molar-refractivity contribution in [3.8, 4) is 0 Å². The Morgan fingerprint density at radius 2 is 1.87 bits per heavy atom. The van der Waals surface area contributed by atoms with Crippen molar-refractivity contribution >= 4 is 5.90 Å². The van der Waals surface area contributed by atoms with Crippen molar-refractivity contribution in [2.75, 3.05) is 19.8 Å². The molecular formula is C19H37NO3. The molecule has 0 aromatic rings. The molecule has 0 aromatic heterocycles. The Morgan fingerprint density at radius 3 is 2.39 bits per heavy atom. The van der Waals surface area contributed by atoms with Gasteiger partial charge in [0.2, 0.25) is 0 Å². The number of ether oxygens (including phenoxy) is 3. The lowest BCUT2D eigenvalue weighted by Crippen LogP contribution is -2.39. The lowest BCUT2D eigenvalue weighted by Gasteiger charge is -2.31. The van der Waals surface area contributed by atoms with Crippen molar-refractivity contribution < 1.29 is 14.2 Å². The van der Waals surface area contributed by atoms with Gasteiger partial charge in [0, 0.05) is 12.5 Å². The van der Waals surface area contributed by atoms with Crippen LogP contribution in [-0.4, -0.2) is 43.0 Å². The van der Waals surface area contributed by atoms with Crippen molar-refractivity contribution in [1.82, 2.24) is 0 Å². The Kier molecular flexibility index (Phi) is 8.02. The summed E-state index contributed by atoms with van der Waals surface area (Å²) in [5.74, 6) is 1.37. The summed E-state index contributed by atoms with van der Waals surface area (Å²) in [4.78, 5) is 4.93. The molecule has 4 heteroatoms. The number of nitrogens with zero attached hydrogens (tertiary/aromatic N) is 1. The molecular weight excluding hydrogens is 290 g/mol. The fourth-order valence-electron chi connectivity index (χ4n) is 2.65. The highest BCUT2D eigenvalue weighted by Crippen LogP contribution is 2.29. The van der Waals surface area contributed by atoms with E-state index in [9.17, 15) is 0 Å². The zero-order valence-electron chi connectivity index (χ0n) is 16.3. The van der Waals surface area contributed by atoms with Gasteiger partial charge in [-0.1, -0.05) is 20.8 Å². The van der Waals surface area contributed by atoms with Crippen LogP contribution in [0.1, 0.15) is 74.1 Å². The van der Waals surface area contributed by atoms with Crippen molar-refractivity contribution in [1.29, 1.82) is 0 Å². The summed E-state index contributed by atoms with van der Waals surface area (Å²) in [6, 6.07) is 0. The summed E-state index contributed by atoms with van der Waals surface area (Å²) < 4.78 is 17.8. The number of aliphatic imine (C=N–C) groups is 1. The molecule has 136 valence electrons. The van der Waals surface area contributed by atoms with E-state index < -0.39 is 0 Å². The van der Waals surface area contributed by atoms with Gasteiger partial charge in [0.1, 0.15) is 12.1 Å². The Hall–Kier alpha value is -0.610. The van der Waals surface area contributed by atoms with Crippen LogP contribution in [0.5, 0.6) is 0 Å². The maximum atomic E-state index is 6.22. The quantitative estimate of drug-likeness (QED) is 0.556. The molecule has 1 atom stereocenters. The minimum Gasteiger partial charge on any atom is -0.478 e. The van der Waals surface area contributed by atoms with Crippen molar-refractivity contribution in [3.63, 3.8) is 0 Å². The third-order valence-electron chi connectivity index (χ3n) is 4.72. The van der Waals surface area contributed by atoms with Crippen LogP contribution in [0, 0.1) is 5.92 Å². The molecule has 0 saturated heterocycles. The molecule has 0 spiro atoms. The third-order valence-corrected chi connectivity index (χ3v) is 4.72. The second-order valence-electron chi connectivity index (χ2n) is 7.55. The van der Waals surface area contributed by atoms with Crippen LogP contribution in [0.3, 0.4) is 0 Å². The average molecular weight is 328 g/mol. The van der Waals surface area contributed by atoms with E-state index in [0.29, 0.717) is 19.1 Å². The Morgan fingerprint density at radius 1 is 1.22 bits per heavy atom. The van der Waals surface area contributed by atoms with Gasteiger partial charge in [0.15, 0.2) is 5.90 Å². The molecule has 0 N–H and O–H groups in total. The lowest BCUT2D eigenvalue weighted by atomic mass is 9.98. The minimum atomic E-state index is -0.214. The first-order chi connectivity index (χ1) is 10.8. The molecule has 1 aliphatic rings. The predicted octanol–water partition coefficient (Wildman–Crippen LogP) is 4.61. The highest BCUT2D eigenvalue weighted by molar-refractivity contribution is 5.80. The van der Waals surface area contributed by atoms with Crippen LogP contribution in [0.25, 0.3) is 0 Å². The maximum Gasteiger partial charge on any atom is 0.187 e. The van der Waals surface area contributed by atoms with Gasteiger partial charge in [-0.15, -0.1) is 0 Å². The zero-order valence-corrected chi connectivity index (χ0v) is 16.3. The van der Waals surface area contributed by atoms with E-state index in [2.05, 4.69) is 48.5 Å². The molecule has 0 amide bonds. The first-order valence-electron chi connectivity index (χ1n) is 9.25. The van der Waals surface area contributed by atoms with Gasteiger partial charge in [0.25, 0.3) is 0 Å². The molecule has 1 unspecified atom stereocenters. The van der Waals surface area contributed by atoms with Gasteiger partial charge in [-0.05, 0) is 53.4 Å². The van der Waals surface area contributed by atoms with E-state index in [1.54, 1.807) is 0 Å². The smallest absolute Gasteiger partial charge is 0.187 e. The molecule has 1 aliphatic heterocycles. The SMILES string of the molecule is CCC(CC)C1=NC(CC)(COC(C)(C)CCOC(C)C)CO1. The van der Waals surface area contributed by atoms with Crippen molar-refractivity contribution in [2.45, 2.75) is 91.4 Å². The van der Waals surface area contributed by atoms with Gasteiger partial charge < -0.3 is 14.2 Å². The minimum absolute atomic E-state index is 0.204. The first kappa shape index (κ1) is 20.4. The van der Waals surface area contributed by atoms with Crippen LogP contribution in [0.15, 0.2) is 4.99 Å². The van der Waals surface area contributed by atoms with E-state index >= 15 is 0 Å². The van der Waals surface area contributed by atoms with Crippen LogP contribution in [0.4, 0.5) is 0 Å². The van der Waals surface area contributed by atoms with Crippen LogP contribution >= 0.6 is 0 Å². The molecule has 0 saturated carbocycles. The summed E-state index contributed by atoms with van der Waals surface area (Å²) in [6.07, 6.45) is 4.25. The summed E-state index contributed by atoms with van der Waals surface area (Å²) in [5.41, 5.74) is -0.418. The number of hydrogen-bond donors (Lipinski definition) is 0. The lowest BCUT2D eigenvalue weighted by molar-refractivity contribution is -0.0672. The molecule has 1 heterocycles. The highest BCUT2D eigenvalue weighted by atomic mass is 16.5. The second kappa shape index (κ2) is 9.03. The van der Waals surface area contributed by atoms with Crippen LogP contribution in [-0.2, 0) is 14.2 Å². The molecule has 23 heavy (non-hydrogen) atoms. The first-order valence-corrected chi connectivity index (χ1v) is 9.25. The molecule has 1 rings (SSSR count). The third kappa shape index (κ3) is 6.42. The maximum absolute atomic E-state index is 6.22. The summed E-state index contributed by atoms with van der Waals surface area (Å²) in [5, 5.41) is 0. The molecule has 0 aliphatic carbocycles. The van der Waals surface area contributed by atoms with Crippen LogP contribution in [0.2, 0.25) is 0 Å². The largest absolute Gasteiger partial charge is 0.478 e. The van der Waals surface area contributed by atoms with Gasteiger partial charge in [-0.3, -0.25) is 0 Å². The van der Waals surface area contributed by atoms with Gasteiger partial charge in [0.05, 0.1) is 18.3 Å². The second-order valence-corrected chi connectivity index (χ2v) is 7.55. The van der Waals surface area contributed by atoms with Crippen molar-refractivity contribution in [2.24, 2.45) is 10.9 Å². The van der Waals surface area contributed by atoms with E-state index in [1.807, 2.05) is 0 Å². The molecule has 0 fully saturated rings. The number of hydrogen-bond acceptors (Lipinski definition) is 4. The summed E-state index contributed by atoms with van der Waals surface area (Å²) in [6.45, 7) is 16.9. The highest BCUT2D eigenvalue weighted by Gasteiger charge is 2.38. The van der Waals surface area contributed by atoms with E-state index in [0.717, 1.165) is 38.2 Å².